The summed E-state index contributed by atoms with van der Waals surface area (Å²) in [6, 6.07) is 5.06. The Morgan fingerprint density at radius 2 is 2.22 bits per heavy atom. The number of hydrogen-bond acceptors (Lipinski definition) is 3. The van der Waals surface area contributed by atoms with E-state index in [1.807, 2.05) is 11.8 Å². The molecule has 2 N–H and O–H groups in total. The third-order valence-corrected chi connectivity index (χ3v) is 4.40. The second kappa shape index (κ2) is 8.20. The number of nitrogens with zero attached hydrogens (tertiary/aromatic N) is 1. The summed E-state index contributed by atoms with van der Waals surface area (Å²) in [5.41, 5.74) is 0.925. The number of piperidine rings is 1. The molecule has 126 valence electrons. The van der Waals surface area contributed by atoms with Crippen LogP contribution in [0.5, 0.6) is 5.75 Å². The fourth-order valence-electron chi connectivity index (χ4n) is 2.77. The van der Waals surface area contributed by atoms with Crippen LogP contribution in [0.15, 0.2) is 18.2 Å². The standard InChI is InChI=1S/C17H23ClN2O3/c1-2-16(22)19-13-4-3-9-20(11-13)17(23)8-6-12-5-7-15(21)14(18)10-12/h5,7,10,13,21H,2-4,6,8-9,11H2,1H3,(H,19,22)/t13-/m1/s1. The van der Waals surface area contributed by atoms with Crippen molar-refractivity contribution < 1.29 is 14.7 Å². The summed E-state index contributed by atoms with van der Waals surface area (Å²) in [7, 11) is 0. The van der Waals surface area contributed by atoms with E-state index >= 15 is 0 Å². The predicted molar refractivity (Wildman–Crippen MR) is 89.5 cm³/mol. The molecule has 2 amide bonds. The molecule has 0 aliphatic carbocycles. The van der Waals surface area contributed by atoms with Gasteiger partial charge in [0, 0.05) is 32.0 Å². The molecule has 1 atom stereocenters. The Morgan fingerprint density at radius 3 is 2.91 bits per heavy atom. The van der Waals surface area contributed by atoms with Gasteiger partial charge in [-0.3, -0.25) is 9.59 Å². The van der Waals surface area contributed by atoms with E-state index in [0.29, 0.717) is 30.8 Å². The number of likely N-dealkylation sites (tertiary alicyclic amines) is 1. The molecular formula is C17H23ClN2O3. The van der Waals surface area contributed by atoms with E-state index in [1.54, 1.807) is 18.2 Å². The van der Waals surface area contributed by atoms with Gasteiger partial charge in [-0.2, -0.15) is 0 Å². The van der Waals surface area contributed by atoms with Crippen LogP contribution in [-0.4, -0.2) is 41.0 Å². The minimum absolute atomic E-state index is 0.0306. The first kappa shape index (κ1) is 17.6. The van der Waals surface area contributed by atoms with Crippen LogP contribution in [0.1, 0.15) is 38.2 Å². The topological polar surface area (TPSA) is 69.6 Å². The number of amides is 2. The first-order chi connectivity index (χ1) is 11.0. The molecule has 0 aromatic heterocycles. The SMILES string of the molecule is CCC(=O)N[C@@H]1CCCN(C(=O)CCc2ccc(O)c(Cl)c2)C1. The lowest BCUT2D eigenvalue weighted by molar-refractivity contribution is -0.133. The van der Waals surface area contributed by atoms with Crippen molar-refractivity contribution in [2.45, 2.75) is 45.1 Å². The minimum atomic E-state index is 0.0306. The molecular weight excluding hydrogens is 316 g/mol. The third kappa shape index (κ3) is 5.13. The molecule has 1 fully saturated rings. The van der Waals surface area contributed by atoms with Crippen LogP contribution in [0, 0.1) is 0 Å². The van der Waals surface area contributed by atoms with Crippen molar-refractivity contribution in [1.29, 1.82) is 0 Å². The molecule has 0 bridgehead atoms. The summed E-state index contributed by atoms with van der Waals surface area (Å²) in [6.07, 6.45) is 3.28. The highest BCUT2D eigenvalue weighted by atomic mass is 35.5. The van der Waals surface area contributed by atoms with Crippen molar-refractivity contribution in [1.82, 2.24) is 10.2 Å². The van der Waals surface area contributed by atoms with Gasteiger partial charge in [0.15, 0.2) is 0 Å². The number of phenols is 1. The summed E-state index contributed by atoms with van der Waals surface area (Å²) in [6.45, 7) is 3.15. The largest absolute Gasteiger partial charge is 0.506 e. The number of rotatable bonds is 5. The van der Waals surface area contributed by atoms with Crippen molar-refractivity contribution in [2.24, 2.45) is 0 Å². The lowest BCUT2D eigenvalue weighted by Crippen LogP contribution is -2.49. The second-order valence-electron chi connectivity index (χ2n) is 5.89. The number of carbonyl (C=O) groups excluding carboxylic acids is 2. The molecule has 0 radical (unpaired) electrons. The van der Waals surface area contributed by atoms with Crippen LogP contribution in [0.25, 0.3) is 0 Å². The number of halogens is 1. The maximum absolute atomic E-state index is 12.4. The third-order valence-electron chi connectivity index (χ3n) is 4.10. The highest BCUT2D eigenvalue weighted by molar-refractivity contribution is 6.32. The molecule has 1 aliphatic rings. The Kier molecular flexibility index (Phi) is 6.28. The zero-order valence-corrected chi connectivity index (χ0v) is 14.1. The van der Waals surface area contributed by atoms with Crippen LogP contribution in [0.3, 0.4) is 0 Å². The summed E-state index contributed by atoms with van der Waals surface area (Å²) >= 11 is 5.87. The molecule has 1 aliphatic heterocycles. The summed E-state index contributed by atoms with van der Waals surface area (Å²) < 4.78 is 0. The maximum atomic E-state index is 12.4. The van der Waals surface area contributed by atoms with E-state index in [9.17, 15) is 14.7 Å². The van der Waals surface area contributed by atoms with Gasteiger partial charge in [-0.1, -0.05) is 24.6 Å². The van der Waals surface area contributed by atoms with Gasteiger partial charge >= 0.3 is 0 Å². The van der Waals surface area contributed by atoms with Crippen molar-refractivity contribution in [2.75, 3.05) is 13.1 Å². The molecule has 5 nitrogen and oxygen atoms in total. The van der Waals surface area contributed by atoms with Gasteiger partial charge < -0.3 is 15.3 Å². The lowest BCUT2D eigenvalue weighted by atomic mass is 10.0. The second-order valence-corrected chi connectivity index (χ2v) is 6.29. The minimum Gasteiger partial charge on any atom is -0.506 e. The molecule has 0 saturated carbocycles. The fourth-order valence-corrected chi connectivity index (χ4v) is 2.97. The van der Waals surface area contributed by atoms with Gasteiger partial charge in [-0.05, 0) is 37.0 Å². The van der Waals surface area contributed by atoms with Gasteiger partial charge in [-0.25, -0.2) is 0 Å². The fraction of sp³-hybridized carbons (Fsp3) is 0.529. The maximum Gasteiger partial charge on any atom is 0.222 e. The molecule has 2 rings (SSSR count). The zero-order chi connectivity index (χ0) is 16.8. The Hall–Kier alpha value is -1.75. The Morgan fingerprint density at radius 1 is 1.43 bits per heavy atom. The molecule has 0 unspecified atom stereocenters. The number of phenolic OH excluding ortho intramolecular Hbond substituents is 1. The molecule has 1 aromatic carbocycles. The summed E-state index contributed by atoms with van der Waals surface area (Å²) in [4.78, 5) is 25.7. The number of hydrogen-bond donors (Lipinski definition) is 2. The number of carbonyl (C=O) groups is 2. The Balaban J connectivity index is 1.84. The van der Waals surface area contributed by atoms with Crippen LogP contribution in [0.4, 0.5) is 0 Å². The molecule has 1 heterocycles. The molecule has 23 heavy (non-hydrogen) atoms. The number of aromatic hydroxyl groups is 1. The van der Waals surface area contributed by atoms with Crippen molar-refractivity contribution in [3.63, 3.8) is 0 Å². The van der Waals surface area contributed by atoms with Gasteiger partial charge in [0.1, 0.15) is 5.75 Å². The van der Waals surface area contributed by atoms with Crippen LogP contribution >= 0.6 is 11.6 Å². The average molecular weight is 339 g/mol. The van der Waals surface area contributed by atoms with Gasteiger partial charge in [0.25, 0.3) is 0 Å². The first-order valence-electron chi connectivity index (χ1n) is 8.04. The predicted octanol–water partition coefficient (Wildman–Crippen LogP) is 2.50. The van der Waals surface area contributed by atoms with Gasteiger partial charge in [0.2, 0.25) is 11.8 Å². The summed E-state index contributed by atoms with van der Waals surface area (Å²) in [5, 5.41) is 12.7. The summed E-state index contributed by atoms with van der Waals surface area (Å²) in [5.74, 6) is 0.167. The van der Waals surface area contributed by atoms with E-state index < -0.39 is 0 Å². The van der Waals surface area contributed by atoms with Gasteiger partial charge in [-0.15, -0.1) is 0 Å². The van der Waals surface area contributed by atoms with Crippen molar-refractivity contribution in [3.05, 3.63) is 28.8 Å². The smallest absolute Gasteiger partial charge is 0.222 e. The number of benzene rings is 1. The highest BCUT2D eigenvalue weighted by Gasteiger charge is 2.24. The van der Waals surface area contributed by atoms with Crippen LogP contribution in [-0.2, 0) is 16.0 Å². The Bertz CT molecular complexity index is 577. The van der Waals surface area contributed by atoms with Crippen molar-refractivity contribution in [3.8, 4) is 5.75 Å². The lowest BCUT2D eigenvalue weighted by Gasteiger charge is -2.33. The normalized spacial score (nSPS) is 17.8. The van der Waals surface area contributed by atoms with E-state index in [0.717, 1.165) is 24.9 Å². The van der Waals surface area contributed by atoms with E-state index in [4.69, 9.17) is 11.6 Å². The highest BCUT2D eigenvalue weighted by Crippen LogP contribution is 2.24. The van der Waals surface area contributed by atoms with Crippen LogP contribution < -0.4 is 5.32 Å². The monoisotopic (exact) mass is 338 g/mol. The molecule has 1 aromatic rings. The van der Waals surface area contributed by atoms with Gasteiger partial charge in [0.05, 0.1) is 5.02 Å². The van der Waals surface area contributed by atoms with Crippen molar-refractivity contribution >= 4 is 23.4 Å². The Labute approximate surface area is 141 Å². The molecule has 1 saturated heterocycles. The van der Waals surface area contributed by atoms with E-state index in [2.05, 4.69) is 5.32 Å². The van der Waals surface area contributed by atoms with Crippen LogP contribution in [0.2, 0.25) is 5.02 Å². The number of nitrogens with one attached hydrogen (secondary N) is 1. The average Bonchev–Trinajstić information content (AvgIpc) is 2.55. The first-order valence-corrected chi connectivity index (χ1v) is 8.42. The quantitative estimate of drug-likeness (QED) is 0.866. The zero-order valence-electron chi connectivity index (χ0n) is 13.3. The van der Waals surface area contributed by atoms with E-state index in [-0.39, 0.29) is 23.6 Å². The molecule has 0 spiro atoms. The molecule has 6 heteroatoms. The van der Waals surface area contributed by atoms with E-state index in [1.165, 1.54) is 0 Å². The number of aryl methyl sites for hydroxylation is 1.